The zero-order valence-corrected chi connectivity index (χ0v) is 29.0. The molecular weight excluding hydrogens is 663 g/mol. The number of amides is 2. The quantitative estimate of drug-likeness (QED) is 0.0969. The lowest BCUT2D eigenvalue weighted by Crippen LogP contribution is -2.50. The Morgan fingerprint density at radius 3 is 2.17 bits per heavy atom. The van der Waals surface area contributed by atoms with Crippen LogP contribution in [-0.4, -0.2) is 46.2 Å². The molecule has 1 unspecified atom stereocenters. The van der Waals surface area contributed by atoms with Crippen LogP contribution >= 0.6 is 0 Å². The van der Waals surface area contributed by atoms with E-state index in [1.807, 2.05) is 109 Å². The van der Waals surface area contributed by atoms with Gasteiger partial charge in [-0.05, 0) is 45.0 Å². The second kappa shape index (κ2) is 15.4. The lowest BCUT2D eigenvalue weighted by Gasteiger charge is -2.23. The number of H-pyrrole nitrogens is 2. The van der Waals surface area contributed by atoms with Gasteiger partial charge in [-0.2, -0.15) is 0 Å². The van der Waals surface area contributed by atoms with Crippen LogP contribution in [0.3, 0.4) is 0 Å². The minimum atomic E-state index is -1.05. The number of carbonyl (C=O) groups excluding carboxylic acids is 2. The summed E-state index contributed by atoms with van der Waals surface area (Å²) in [7, 11) is 0. The van der Waals surface area contributed by atoms with Crippen molar-refractivity contribution in [3.63, 3.8) is 0 Å². The number of imidazole rings is 1. The number of aromatic nitrogens is 3. The molecule has 2 atom stereocenters. The van der Waals surface area contributed by atoms with E-state index in [2.05, 4.69) is 50.9 Å². The first-order valence-corrected chi connectivity index (χ1v) is 17.8. The molecule has 0 bridgehead atoms. The van der Waals surface area contributed by atoms with Crippen LogP contribution in [0.5, 0.6) is 0 Å². The third-order valence-electron chi connectivity index (χ3n) is 9.77. The minimum Gasteiger partial charge on any atom is -0.449 e. The molecule has 0 radical (unpaired) electrons. The first kappa shape index (κ1) is 33.7. The van der Waals surface area contributed by atoms with E-state index >= 15 is 0 Å². The number of carbonyl (C=O) groups is 2. The summed E-state index contributed by atoms with van der Waals surface area (Å²) in [5.41, 5.74) is 9.27. The molecule has 2 heterocycles. The van der Waals surface area contributed by atoms with E-state index in [0.717, 1.165) is 55.5 Å². The van der Waals surface area contributed by atoms with Gasteiger partial charge in [0.05, 0.1) is 31.1 Å². The van der Waals surface area contributed by atoms with E-state index in [-0.39, 0.29) is 25.7 Å². The summed E-state index contributed by atoms with van der Waals surface area (Å²) in [6.07, 6.45) is 3.47. The molecule has 1 aliphatic carbocycles. The maximum absolute atomic E-state index is 14.3. The standard InChI is InChI=1S/C44H39N5O4/c50-43(48-39(23-31-24-45-38-22-12-11-17-32(31)38)42-46-25-40(47-42)30-15-5-2-6-16-30)41(28-52-26-29-13-3-1-4-14-29)49-44(51)53-27-37-35-20-9-7-18-33(35)34-19-8-10-21-36(34)37/h1-22,24-25,37,39,41,45H,23,26-28H2,(H,46,47)(H,48,50)(H,49,51)/t39?,41-/m1/s1. The Morgan fingerprint density at radius 1 is 0.755 bits per heavy atom. The van der Waals surface area contributed by atoms with Gasteiger partial charge in [0.1, 0.15) is 18.5 Å². The molecule has 8 rings (SSSR count). The molecule has 2 amide bonds. The maximum Gasteiger partial charge on any atom is 0.407 e. The normalized spacial score (nSPS) is 13.2. The second-order valence-corrected chi connectivity index (χ2v) is 13.2. The maximum atomic E-state index is 14.3. The van der Waals surface area contributed by atoms with Crippen LogP contribution in [0.2, 0.25) is 0 Å². The van der Waals surface area contributed by atoms with E-state index in [0.29, 0.717) is 12.2 Å². The molecule has 2 aromatic heterocycles. The van der Waals surface area contributed by atoms with Crippen molar-refractivity contribution in [3.8, 4) is 22.4 Å². The lowest BCUT2D eigenvalue weighted by atomic mass is 9.98. The van der Waals surface area contributed by atoms with E-state index in [1.54, 1.807) is 6.20 Å². The van der Waals surface area contributed by atoms with Gasteiger partial charge in [0, 0.05) is 29.4 Å². The van der Waals surface area contributed by atoms with Crippen LogP contribution < -0.4 is 10.6 Å². The number of nitrogens with zero attached hydrogens (tertiary/aromatic N) is 1. The topological polar surface area (TPSA) is 121 Å². The molecule has 0 spiro atoms. The summed E-state index contributed by atoms with van der Waals surface area (Å²) in [5, 5.41) is 7.05. The Balaban J connectivity index is 1.02. The number of fused-ring (bicyclic) bond motifs is 4. The number of benzene rings is 5. The Morgan fingerprint density at radius 2 is 1.42 bits per heavy atom. The molecule has 0 saturated carbocycles. The largest absolute Gasteiger partial charge is 0.449 e. The highest BCUT2D eigenvalue weighted by molar-refractivity contribution is 5.87. The van der Waals surface area contributed by atoms with Gasteiger partial charge in [0.25, 0.3) is 0 Å². The first-order valence-electron chi connectivity index (χ1n) is 17.8. The van der Waals surface area contributed by atoms with Crippen LogP contribution in [0, 0.1) is 0 Å². The minimum absolute atomic E-state index is 0.0713. The highest BCUT2D eigenvalue weighted by atomic mass is 16.5. The van der Waals surface area contributed by atoms with Crippen LogP contribution in [-0.2, 0) is 27.3 Å². The average Bonchev–Trinajstić information content (AvgIpc) is 3.94. The van der Waals surface area contributed by atoms with Crippen molar-refractivity contribution in [3.05, 3.63) is 174 Å². The highest BCUT2D eigenvalue weighted by Gasteiger charge is 2.31. The molecular formula is C44H39N5O4. The summed E-state index contributed by atoms with van der Waals surface area (Å²) >= 11 is 0. The number of ether oxygens (including phenoxy) is 2. The van der Waals surface area contributed by atoms with Gasteiger partial charge in [-0.25, -0.2) is 9.78 Å². The SMILES string of the molecule is O=C(N[C@H](COCc1ccccc1)C(=O)NC(Cc1c[nH]c2ccccc12)c1ncc(-c2ccccc2)[nH]1)OCC1c2ccccc2-c2ccccc21. The molecule has 0 fully saturated rings. The molecule has 9 nitrogen and oxygen atoms in total. The lowest BCUT2D eigenvalue weighted by molar-refractivity contribution is -0.125. The third kappa shape index (κ3) is 7.47. The van der Waals surface area contributed by atoms with E-state index < -0.39 is 24.1 Å². The van der Waals surface area contributed by atoms with Gasteiger partial charge in [0.2, 0.25) is 5.91 Å². The predicted molar refractivity (Wildman–Crippen MR) is 205 cm³/mol. The van der Waals surface area contributed by atoms with Crippen molar-refractivity contribution in [1.29, 1.82) is 0 Å². The summed E-state index contributed by atoms with van der Waals surface area (Å²) in [6, 6.07) is 42.4. The van der Waals surface area contributed by atoms with Crippen molar-refractivity contribution in [2.45, 2.75) is 31.0 Å². The Kier molecular flexibility index (Phi) is 9.80. The van der Waals surface area contributed by atoms with E-state index in [9.17, 15) is 9.59 Å². The van der Waals surface area contributed by atoms with Crippen molar-refractivity contribution < 1.29 is 19.1 Å². The summed E-state index contributed by atoms with van der Waals surface area (Å²) in [5.74, 6) is 0.0507. The highest BCUT2D eigenvalue weighted by Crippen LogP contribution is 2.44. The number of hydrogen-bond acceptors (Lipinski definition) is 5. The predicted octanol–water partition coefficient (Wildman–Crippen LogP) is 8.08. The summed E-state index contributed by atoms with van der Waals surface area (Å²) in [4.78, 5) is 39.2. The Hall–Kier alpha value is -6.45. The third-order valence-corrected chi connectivity index (χ3v) is 9.77. The van der Waals surface area contributed by atoms with Gasteiger partial charge in [-0.1, -0.05) is 127 Å². The molecule has 0 saturated heterocycles. The van der Waals surface area contributed by atoms with Crippen LogP contribution in [0.15, 0.2) is 146 Å². The average molecular weight is 702 g/mol. The zero-order chi connectivity index (χ0) is 36.0. The van der Waals surface area contributed by atoms with Gasteiger partial charge >= 0.3 is 6.09 Å². The van der Waals surface area contributed by atoms with Crippen LogP contribution in [0.1, 0.15) is 40.0 Å². The first-order chi connectivity index (χ1) is 26.1. The number of alkyl carbamates (subject to hydrolysis) is 1. The van der Waals surface area contributed by atoms with Gasteiger partial charge in [-0.3, -0.25) is 4.79 Å². The Bertz CT molecular complexity index is 2290. The molecule has 0 aliphatic heterocycles. The molecule has 53 heavy (non-hydrogen) atoms. The van der Waals surface area contributed by atoms with Crippen LogP contribution in [0.4, 0.5) is 4.79 Å². The Labute approximate surface area is 307 Å². The second-order valence-electron chi connectivity index (χ2n) is 13.2. The van der Waals surface area contributed by atoms with Gasteiger partial charge in [-0.15, -0.1) is 0 Å². The summed E-state index contributed by atoms with van der Waals surface area (Å²) < 4.78 is 11.9. The van der Waals surface area contributed by atoms with Crippen LogP contribution in [0.25, 0.3) is 33.3 Å². The molecule has 4 N–H and O–H groups in total. The zero-order valence-electron chi connectivity index (χ0n) is 29.0. The fraction of sp³-hybridized carbons (Fsp3) is 0.159. The number of para-hydroxylation sites is 1. The molecule has 9 heteroatoms. The molecule has 264 valence electrons. The molecule has 7 aromatic rings. The fourth-order valence-corrected chi connectivity index (χ4v) is 7.12. The van der Waals surface area contributed by atoms with Crippen molar-refractivity contribution in [2.24, 2.45) is 0 Å². The number of nitrogens with one attached hydrogen (secondary N) is 4. The molecule has 5 aromatic carbocycles. The number of rotatable bonds is 13. The number of aromatic amines is 2. The van der Waals surface area contributed by atoms with Gasteiger partial charge < -0.3 is 30.1 Å². The smallest absolute Gasteiger partial charge is 0.407 e. The number of hydrogen-bond donors (Lipinski definition) is 4. The summed E-state index contributed by atoms with van der Waals surface area (Å²) in [6.45, 7) is 0.323. The van der Waals surface area contributed by atoms with Crippen molar-refractivity contribution >= 4 is 22.9 Å². The monoisotopic (exact) mass is 701 g/mol. The van der Waals surface area contributed by atoms with E-state index in [1.165, 1.54) is 0 Å². The molecule has 1 aliphatic rings. The van der Waals surface area contributed by atoms with Crippen molar-refractivity contribution in [1.82, 2.24) is 25.6 Å². The van der Waals surface area contributed by atoms with Gasteiger partial charge in [0.15, 0.2) is 0 Å². The van der Waals surface area contributed by atoms with Crippen molar-refractivity contribution in [2.75, 3.05) is 13.2 Å². The van der Waals surface area contributed by atoms with E-state index in [4.69, 9.17) is 14.5 Å². The fourth-order valence-electron chi connectivity index (χ4n) is 7.12.